The Kier molecular flexibility index (Phi) is 2.88. The summed E-state index contributed by atoms with van der Waals surface area (Å²) in [5.41, 5.74) is 1.23. The fourth-order valence-corrected chi connectivity index (χ4v) is 2.60. The topological polar surface area (TPSA) is 33.6 Å². The summed E-state index contributed by atoms with van der Waals surface area (Å²) < 4.78 is 3.92. The SMILES string of the molecule is S=c1[nH]nc(C2CC2)n1Cc1cccc(Br)c1. The molecule has 1 heterocycles. The van der Waals surface area contributed by atoms with E-state index in [1.807, 2.05) is 12.1 Å². The molecule has 0 spiro atoms. The van der Waals surface area contributed by atoms with Gasteiger partial charge in [-0.3, -0.25) is 9.67 Å². The first-order valence-corrected chi connectivity index (χ1v) is 6.84. The van der Waals surface area contributed by atoms with E-state index in [2.05, 4.69) is 42.8 Å². The fourth-order valence-electron chi connectivity index (χ4n) is 1.95. The van der Waals surface area contributed by atoms with Crippen molar-refractivity contribution in [2.75, 3.05) is 0 Å². The molecule has 3 rings (SSSR count). The highest BCUT2D eigenvalue weighted by molar-refractivity contribution is 9.10. The highest BCUT2D eigenvalue weighted by atomic mass is 79.9. The van der Waals surface area contributed by atoms with Gasteiger partial charge in [0.25, 0.3) is 0 Å². The number of aromatic amines is 1. The Labute approximate surface area is 113 Å². The van der Waals surface area contributed by atoms with Crippen LogP contribution in [-0.2, 0) is 6.54 Å². The summed E-state index contributed by atoms with van der Waals surface area (Å²) in [6, 6.07) is 8.29. The van der Waals surface area contributed by atoms with Crippen molar-refractivity contribution in [3.63, 3.8) is 0 Å². The van der Waals surface area contributed by atoms with Crippen molar-refractivity contribution in [2.24, 2.45) is 0 Å². The predicted molar refractivity (Wildman–Crippen MR) is 72.6 cm³/mol. The Bertz CT molecular complexity index is 598. The first kappa shape index (κ1) is 11.2. The molecule has 1 N–H and O–H groups in total. The molecule has 1 saturated carbocycles. The van der Waals surface area contributed by atoms with Gasteiger partial charge in [-0.2, -0.15) is 5.10 Å². The lowest BCUT2D eigenvalue weighted by molar-refractivity contribution is 0.718. The van der Waals surface area contributed by atoms with Gasteiger partial charge < -0.3 is 0 Å². The Morgan fingerprint density at radius 3 is 3.00 bits per heavy atom. The zero-order valence-corrected chi connectivity index (χ0v) is 11.6. The van der Waals surface area contributed by atoms with Gasteiger partial charge in [0.2, 0.25) is 0 Å². The highest BCUT2D eigenvalue weighted by Gasteiger charge is 2.28. The molecule has 17 heavy (non-hydrogen) atoms. The summed E-state index contributed by atoms with van der Waals surface area (Å²) in [6.45, 7) is 0.792. The predicted octanol–water partition coefficient (Wildman–Crippen LogP) is 3.63. The van der Waals surface area contributed by atoms with E-state index in [0.29, 0.717) is 10.7 Å². The molecule has 0 radical (unpaired) electrons. The van der Waals surface area contributed by atoms with E-state index in [-0.39, 0.29) is 0 Å². The lowest BCUT2D eigenvalue weighted by Crippen LogP contribution is -2.04. The molecular formula is C12H12BrN3S. The van der Waals surface area contributed by atoms with Crippen molar-refractivity contribution in [3.05, 3.63) is 44.9 Å². The third kappa shape index (κ3) is 2.35. The van der Waals surface area contributed by atoms with Crippen LogP contribution in [0.4, 0.5) is 0 Å². The largest absolute Gasteiger partial charge is 0.299 e. The van der Waals surface area contributed by atoms with Gasteiger partial charge in [0.15, 0.2) is 4.77 Å². The second kappa shape index (κ2) is 4.38. The van der Waals surface area contributed by atoms with Crippen molar-refractivity contribution < 1.29 is 0 Å². The number of nitrogens with one attached hydrogen (secondary N) is 1. The molecule has 1 aromatic heterocycles. The summed E-state index contributed by atoms with van der Waals surface area (Å²) in [6.07, 6.45) is 2.47. The van der Waals surface area contributed by atoms with Crippen LogP contribution >= 0.6 is 28.1 Å². The summed E-state index contributed by atoms with van der Waals surface area (Å²) in [4.78, 5) is 0. The summed E-state index contributed by atoms with van der Waals surface area (Å²) in [5, 5.41) is 7.23. The number of hydrogen-bond donors (Lipinski definition) is 1. The minimum atomic E-state index is 0.607. The zero-order chi connectivity index (χ0) is 11.8. The van der Waals surface area contributed by atoms with E-state index in [9.17, 15) is 0 Å². The number of nitrogens with zero attached hydrogens (tertiary/aromatic N) is 2. The maximum Gasteiger partial charge on any atom is 0.195 e. The first-order valence-electron chi connectivity index (χ1n) is 5.63. The van der Waals surface area contributed by atoms with E-state index in [0.717, 1.165) is 16.8 Å². The van der Waals surface area contributed by atoms with Crippen LogP contribution in [0.15, 0.2) is 28.7 Å². The van der Waals surface area contributed by atoms with E-state index in [1.165, 1.54) is 18.4 Å². The first-order chi connectivity index (χ1) is 8.24. The molecule has 1 aromatic carbocycles. The van der Waals surface area contributed by atoms with Gasteiger partial charge in [-0.1, -0.05) is 28.1 Å². The van der Waals surface area contributed by atoms with Crippen LogP contribution < -0.4 is 0 Å². The van der Waals surface area contributed by atoms with Gasteiger partial charge in [0, 0.05) is 10.4 Å². The quantitative estimate of drug-likeness (QED) is 0.878. The van der Waals surface area contributed by atoms with Crippen LogP contribution in [0, 0.1) is 4.77 Å². The number of hydrogen-bond acceptors (Lipinski definition) is 2. The standard InChI is InChI=1S/C12H12BrN3S/c13-10-3-1-2-8(6-10)7-16-11(9-4-5-9)14-15-12(16)17/h1-3,6,9H,4-5,7H2,(H,15,17). The Hall–Kier alpha value is -0.940. The number of halogens is 1. The Balaban J connectivity index is 1.94. The van der Waals surface area contributed by atoms with Crippen LogP contribution in [0.25, 0.3) is 0 Å². The van der Waals surface area contributed by atoms with Gasteiger partial charge >= 0.3 is 0 Å². The lowest BCUT2D eigenvalue weighted by Gasteiger charge is -2.06. The number of rotatable bonds is 3. The van der Waals surface area contributed by atoms with Crippen molar-refractivity contribution in [2.45, 2.75) is 25.3 Å². The highest BCUT2D eigenvalue weighted by Crippen LogP contribution is 2.39. The molecule has 2 aromatic rings. The minimum Gasteiger partial charge on any atom is -0.299 e. The molecule has 0 saturated heterocycles. The molecule has 88 valence electrons. The van der Waals surface area contributed by atoms with Crippen molar-refractivity contribution in [1.82, 2.24) is 14.8 Å². The summed E-state index contributed by atoms with van der Waals surface area (Å²) >= 11 is 8.77. The van der Waals surface area contributed by atoms with Crippen molar-refractivity contribution >= 4 is 28.1 Å². The fraction of sp³-hybridized carbons (Fsp3) is 0.333. The number of benzene rings is 1. The van der Waals surface area contributed by atoms with Crippen LogP contribution in [0.2, 0.25) is 0 Å². The molecule has 0 unspecified atom stereocenters. The molecule has 1 aliphatic carbocycles. The molecule has 0 atom stereocenters. The monoisotopic (exact) mass is 309 g/mol. The van der Waals surface area contributed by atoms with E-state index >= 15 is 0 Å². The molecule has 5 heteroatoms. The van der Waals surface area contributed by atoms with E-state index < -0.39 is 0 Å². The van der Waals surface area contributed by atoms with Crippen LogP contribution in [-0.4, -0.2) is 14.8 Å². The molecule has 1 aliphatic rings. The average molecular weight is 310 g/mol. The maximum atomic E-state index is 5.29. The number of H-pyrrole nitrogens is 1. The second-order valence-corrected chi connectivity index (χ2v) is 5.68. The Morgan fingerprint density at radius 2 is 2.29 bits per heavy atom. The molecule has 3 nitrogen and oxygen atoms in total. The van der Waals surface area contributed by atoms with Gasteiger partial charge in [0.05, 0.1) is 6.54 Å². The van der Waals surface area contributed by atoms with Gasteiger partial charge in [-0.05, 0) is 42.8 Å². The second-order valence-electron chi connectivity index (χ2n) is 4.38. The number of aromatic nitrogens is 3. The smallest absolute Gasteiger partial charge is 0.195 e. The molecular weight excluding hydrogens is 298 g/mol. The van der Waals surface area contributed by atoms with Crippen LogP contribution in [0.1, 0.15) is 30.1 Å². The average Bonchev–Trinajstić information content (AvgIpc) is 3.07. The van der Waals surface area contributed by atoms with Gasteiger partial charge in [-0.25, -0.2) is 0 Å². The van der Waals surface area contributed by atoms with Crippen molar-refractivity contribution in [1.29, 1.82) is 0 Å². The molecule has 0 aliphatic heterocycles. The van der Waals surface area contributed by atoms with E-state index in [4.69, 9.17) is 12.2 Å². The van der Waals surface area contributed by atoms with Crippen LogP contribution in [0.3, 0.4) is 0 Å². The normalized spacial score (nSPS) is 15.1. The van der Waals surface area contributed by atoms with Gasteiger partial charge in [0.1, 0.15) is 5.82 Å². The molecule has 0 amide bonds. The van der Waals surface area contributed by atoms with Gasteiger partial charge in [-0.15, -0.1) is 0 Å². The summed E-state index contributed by atoms with van der Waals surface area (Å²) in [7, 11) is 0. The lowest BCUT2D eigenvalue weighted by atomic mass is 10.2. The minimum absolute atomic E-state index is 0.607. The maximum absolute atomic E-state index is 5.29. The van der Waals surface area contributed by atoms with Crippen LogP contribution in [0.5, 0.6) is 0 Å². The van der Waals surface area contributed by atoms with Crippen molar-refractivity contribution in [3.8, 4) is 0 Å². The molecule has 0 bridgehead atoms. The third-order valence-corrected chi connectivity index (χ3v) is 3.76. The van der Waals surface area contributed by atoms with E-state index in [1.54, 1.807) is 0 Å². The Morgan fingerprint density at radius 1 is 1.47 bits per heavy atom. The molecule has 1 fully saturated rings. The zero-order valence-electron chi connectivity index (χ0n) is 9.19. The third-order valence-electron chi connectivity index (χ3n) is 2.96. The summed E-state index contributed by atoms with van der Waals surface area (Å²) in [5.74, 6) is 1.71.